The Labute approximate surface area is 143 Å². The van der Waals surface area contributed by atoms with Gasteiger partial charge < -0.3 is 10.1 Å². The minimum atomic E-state index is -4.03. The maximum atomic E-state index is 12.9. The van der Waals surface area contributed by atoms with Crippen LogP contribution < -0.4 is 10.0 Å². The lowest BCUT2D eigenvalue weighted by Crippen LogP contribution is -2.25. The Morgan fingerprint density at radius 2 is 1.72 bits per heavy atom. The first-order chi connectivity index (χ1) is 11.8. The van der Waals surface area contributed by atoms with Crippen LogP contribution in [0.5, 0.6) is 0 Å². The third-order valence-corrected chi connectivity index (χ3v) is 4.51. The predicted molar refractivity (Wildman–Crippen MR) is 88.0 cm³/mol. The number of amides is 1. The van der Waals surface area contributed by atoms with Crippen molar-refractivity contribution in [3.05, 3.63) is 59.9 Å². The first-order valence-electron chi connectivity index (χ1n) is 7.08. The van der Waals surface area contributed by atoms with E-state index in [0.29, 0.717) is 0 Å². The molecule has 9 heteroatoms. The molecule has 0 bridgehead atoms. The van der Waals surface area contributed by atoms with Crippen molar-refractivity contribution >= 4 is 27.6 Å². The molecular weight excluding hydrogens is 351 g/mol. The number of halogens is 1. The molecule has 2 aromatic carbocycles. The standard InChI is InChI=1S/C16H15FN2O5S/c1-18-15(20)10-24-16(21)13-4-2-3-5-14(13)19-25(22,23)12-8-6-11(17)7-9-12/h2-9,19H,10H2,1H3,(H,18,20). The van der Waals surface area contributed by atoms with Crippen LogP contribution >= 0.6 is 0 Å². The number of carbonyl (C=O) groups excluding carboxylic acids is 2. The average molecular weight is 366 g/mol. The summed E-state index contributed by atoms with van der Waals surface area (Å²) in [5, 5.41) is 2.29. The Hall–Kier alpha value is -2.94. The molecule has 1 amide bonds. The minimum absolute atomic E-state index is 0.0197. The summed E-state index contributed by atoms with van der Waals surface area (Å²) in [7, 11) is -2.64. The summed E-state index contributed by atoms with van der Waals surface area (Å²) in [4.78, 5) is 23.0. The highest BCUT2D eigenvalue weighted by molar-refractivity contribution is 7.92. The second-order valence-corrected chi connectivity index (χ2v) is 6.54. The molecule has 0 heterocycles. The largest absolute Gasteiger partial charge is 0.452 e. The second-order valence-electron chi connectivity index (χ2n) is 4.85. The molecule has 2 N–H and O–H groups in total. The first kappa shape index (κ1) is 18.4. The fourth-order valence-electron chi connectivity index (χ4n) is 1.85. The van der Waals surface area contributed by atoms with Gasteiger partial charge in [-0.3, -0.25) is 9.52 Å². The molecule has 0 aromatic heterocycles. The fourth-order valence-corrected chi connectivity index (χ4v) is 2.93. The van der Waals surface area contributed by atoms with Gasteiger partial charge in [0.25, 0.3) is 15.9 Å². The lowest BCUT2D eigenvalue weighted by molar-refractivity contribution is -0.123. The van der Waals surface area contributed by atoms with Crippen molar-refractivity contribution in [2.75, 3.05) is 18.4 Å². The molecule has 0 aliphatic carbocycles. The van der Waals surface area contributed by atoms with Crippen LogP contribution in [0.4, 0.5) is 10.1 Å². The smallest absolute Gasteiger partial charge is 0.340 e. The zero-order chi connectivity index (χ0) is 18.4. The van der Waals surface area contributed by atoms with E-state index in [-0.39, 0.29) is 16.1 Å². The average Bonchev–Trinajstić information content (AvgIpc) is 2.59. The number of esters is 1. The number of anilines is 1. The lowest BCUT2D eigenvalue weighted by atomic mass is 10.2. The van der Waals surface area contributed by atoms with Crippen molar-refractivity contribution in [2.24, 2.45) is 0 Å². The Morgan fingerprint density at radius 1 is 1.08 bits per heavy atom. The SMILES string of the molecule is CNC(=O)COC(=O)c1ccccc1NS(=O)(=O)c1ccc(F)cc1. The Balaban J connectivity index is 2.24. The highest BCUT2D eigenvalue weighted by atomic mass is 32.2. The van der Waals surface area contributed by atoms with Crippen molar-refractivity contribution < 1.29 is 27.1 Å². The van der Waals surface area contributed by atoms with Gasteiger partial charge in [0, 0.05) is 7.05 Å². The van der Waals surface area contributed by atoms with Crippen molar-refractivity contribution in [2.45, 2.75) is 4.90 Å². The Morgan fingerprint density at radius 3 is 2.36 bits per heavy atom. The number of likely N-dealkylation sites (N-methyl/N-ethyl adjacent to an activating group) is 1. The highest BCUT2D eigenvalue weighted by Gasteiger charge is 2.19. The summed E-state index contributed by atoms with van der Waals surface area (Å²) in [6.07, 6.45) is 0. The van der Waals surface area contributed by atoms with Gasteiger partial charge in [-0.05, 0) is 36.4 Å². The molecule has 25 heavy (non-hydrogen) atoms. The number of hydrogen-bond donors (Lipinski definition) is 2. The van der Waals surface area contributed by atoms with E-state index in [1.807, 2.05) is 0 Å². The van der Waals surface area contributed by atoms with Crippen LogP contribution in [0, 0.1) is 5.82 Å². The van der Waals surface area contributed by atoms with Crippen LogP contribution in [0.1, 0.15) is 10.4 Å². The molecule has 0 saturated heterocycles. The molecule has 0 unspecified atom stereocenters. The number of benzene rings is 2. The fraction of sp³-hybridized carbons (Fsp3) is 0.125. The quantitative estimate of drug-likeness (QED) is 0.755. The van der Waals surface area contributed by atoms with Gasteiger partial charge >= 0.3 is 5.97 Å². The number of nitrogens with one attached hydrogen (secondary N) is 2. The third kappa shape index (κ3) is 4.77. The molecule has 132 valence electrons. The number of ether oxygens (including phenoxy) is 1. The second kappa shape index (κ2) is 7.75. The molecule has 0 aliphatic rings. The first-order valence-corrected chi connectivity index (χ1v) is 8.57. The predicted octanol–water partition coefficient (Wildman–Crippen LogP) is 1.53. The van der Waals surface area contributed by atoms with E-state index in [1.54, 1.807) is 0 Å². The van der Waals surface area contributed by atoms with E-state index in [0.717, 1.165) is 24.3 Å². The van der Waals surface area contributed by atoms with Gasteiger partial charge in [-0.25, -0.2) is 17.6 Å². The van der Waals surface area contributed by atoms with Gasteiger partial charge in [0.15, 0.2) is 6.61 Å². The zero-order valence-corrected chi connectivity index (χ0v) is 14.0. The molecule has 2 aromatic rings. The van der Waals surface area contributed by atoms with E-state index in [9.17, 15) is 22.4 Å². The van der Waals surface area contributed by atoms with Gasteiger partial charge in [-0.15, -0.1) is 0 Å². The number of rotatable bonds is 6. The number of carbonyl (C=O) groups is 2. The number of para-hydroxylation sites is 1. The maximum absolute atomic E-state index is 12.9. The number of hydrogen-bond acceptors (Lipinski definition) is 5. The van der Waals surface area contributed by atoms with Crippen LogP contribution in [0.15, 0.2) is 53.4 Å². The molecular formula is C16H15FN2O5S. The molecule has 0 saturated carbocycles. The Bertz CT molecular complexity index is 882. The van der Waals surface area contributed by atoms with Gasteiger partial charge in [-0.2, -0.15) is 0 Å². The summed E-state index contributed by atoms with van der Waals surface area (Å²) in [5.74, 6) is -1.93. The molecule has 0 spiro atoms. The van der Waals surface area contributed by atoms with Gasteiger partial charge in [-0.1, -0.05) is 12.1 Å². The summed E-state index contributed by atoms with van der Waals surface area (Å²) in [6, 6.07) is 10.0. The zero-order valence-electron chi connectivity index (χ0n) is 13.2. The van der Waals surface area contributed by atoms with Crippen LogP contribution in [-0.2, 0) is 19.6 Å². The van der Waals surface area contributed by atoms with Gasteiger partial charge in [0.2, 0.25) is 0 Å². The van der Waals surface area contributed by atoms with E-state index < -0.39 is 34.3 Å². The summed E-state index contributed by atoms with van der Waals surface area (Å²) in [5.41, 5.74) is -0.0779. The minimum Gasteiger partial charge on any atom is -0.452 e. The van der Waals surface area contributed by atoms with Crippen LogP contribution in [0.3, 0.4) is 0 Å². The maximum Gasteiger partial charge on any atom is 0.340 e. The van der Waals surface area contributed by atoms with Crippen molar-refractivity contribution in [1.29, 1.82) is 0 Å². The van der Waals surface area contributed by atoms with Crippen LogP contribution in [0.2, 0.25) is 0 Å². The molecule has 0 aliphatic heterocycles. The van der Waals surface area contributed by atoms with Crippen molar-refractivity contribution in [1.82, 2.24) is 5.32 Å². The monoisotopic (exact) mass is 366 g/mol. The number of sulfonamides is 1. The van der Waals surface area contributed by atoms with Crippen LogP contribution in [-0.4, -0.2) is 33.9 Å². The molecule has 7 nitrogen and oxygen atoms in total. The third-order valence-electron chi connectivity index (χ3n) is 3.13. The molecule has 0 fully saturated rings. The van der Waals surface area contributed by atoms with Crippen molar-refractivity contribution in [3.8, 4) is 0 Å². The highest BCUT2D eigenvalue weighted by Crippen LogP contribution is 2.21. The van der Waals surface area contributed by atoms with Crippen molar-refractivity contribution in [3.63, 3.8) is 0 Å². The van der Waals surface area contributed by atoms with Gasteiger partial charge in [0.05, 0.1) is 16.1 Å². The van der Waals surface area contributed by atoms with E-state index in [4.69, 9.17) is 4.74 Å². The van der Waals surface area contributed by atoms with E-state index >= 15 is 0 Å². The lowest BCUT2D eigenvalue weighted by Gasteiger charge is -2.12. The topological polar surface area (TPSA) is 102 Å². The summed E-state index contributed by atoms with van der Waals surface area (Å²) in [6.45, 7) is -0.492. The summed E-state index contributed by atoms with van der Waals surface area (Å²) < 4.78 is 44.7. The van der Waals surface area contributed by atoms with Crippen LogP contribution in [0.25, 0.3) is 0 Å². The van der Waals surface area contributed by atoms with Gasteiger partial charge in [0.1, 0.15) is 5.82 Å². The normalized spacial score (nSPS) is 10.8. The van der Waals surface area contributed by atoms with E-state index in [1.165, 1.54) is 31.3 Å². The van der Waals surface area contributed by atoms with E-state index in [2.05, 4.69) is 10.0 Å². The molecule has 0 atom stereocenters. The summed E-state index contributed by atoms with van der Waals surface area (Å²) >= 11 is 0. The molecule has 0 radical (unpaired) electrons. The Kier molecular flexibility index (Phi) is 5.71. The molecule has 2 rings (SSSR count).